The van der Waals surface area contributed by atoms with Gasteiger partial charge >= 0.3 is 0 Å². The maximum atomic E-state index is 9.17. The van der Waals surface area contributed by atoms with Gasteiger partial charge in [0.1, 0.15) is 5.76 Å². The van der Waals surface area contributed by atoms with E-state index in [0.29, 0.717) is 18.6 Å². The highest BCUT2D eigenvalue weighted by molar-refractivity contribution is 5.03. The van der Waals surface area contributed by atoms with Crippen LogP contribution < -0.4 is 0 Å². The number of aliphatic hydroxyl groups excluding tert-OH is 1. The standard InChI is InChI=1S/C12H19NO2/c1-10(12-5-3-7-15-12)13-6-2-4-11(8-13)9-14/h3,5,7,10-11,14H,2,4,6,8-9H2,1H3. The Hall–Kier alpha value is -0.800. The molecule has 2 unspecified atom stereocenters. The number of rotatable bonds is 3. The lowest BCUT2D eigenvalue weighted by atomic mass is 9.97. The minimum Gasteiger partial charge on any atom is -0.468 e. The first-order chi connectivity index (χ1) is 7.31. The highest BCUT2D eigenvalue weighted by Gasteiger charge is 2.24. The fraction of sp³-hybridized carbons (Fsp3) is 0.667. The van der Waals surface area contributed by atoms with E-state index in [4.69, 9.17) is 4.42 Å². The Morgan fingerprint density at radius 1 is 1.67 bits per heavy atom. The molecule has 15 heavy (non-hydrogen) atoms. The highest BCUT2D eigenvalue weighted by atomic mass is 16.3. The first-order valence-corrected chi connectivity index (χ1v) is 5.69. The fourth-order valence-corrected chi connectivity index (χ4v) is 2.31. The average Bonchev–Trinajstić information content (AvgIpc) is 2.81. The van der Waals surface area contributed by atoms with Gasteiger partial charge in [0.25, 0.3) is 0 Å². The Labute approximate surface area is 90.7 Å². The summed E-state index contributed by atoms with van der Waals surface area (Å²) in [6.45, 7) is 4.57. The molecule has 3 heteroatoms. The zero-order valence-electron chi connectivity index (χ0n) is 9.22. The Balaban J connectivity index is 1.98. The molecule has 0 spiro atoms. The summed E-state index contributed by atoms with van der Waals surface area (Å²) in [5, 5.41) is 9.17. The molecule has 1 N–H and O–H groups in total. The Morgan fingerprint density at radius 3 is 3.20 bits per heavy atom. The Kier molecular flexibility index (Phi) is 3.44. The molecule has 2 atom stereocenters. The summed E-state index contributed by atoms with van der Waals surface area (Å²) in [6, 6.07) is 4.28. The zero-order chi connectivity index (χ0) is 10.7. The number of furan rings is 1. The van der Waals surface area contributed by atoms with Gasteiger partial charge in [-0.1, -0.05) is 0 Å². The minimum absolute atomic E-state index is 0.307. The van der Waals surface area contributed by atoms with Crippen LogP contribution in [0.15, 0.2) is 22.8 Å². The Bertz CT molecular complexity index is 284. The van der Waals surface area contributed by atoms with Gasteiger partial charge in [0.15, 0.2) is 0 Å². The average molecular weight is 209 g/mol. The van der Waals surface area contributed by atoms with Crippen molar-refractivity contribution in [2.75, 3.05) is 19.7 Å². The first-order valence-electron chi connectivity index (χ1n) is 5.69. The van der Waals surface area contributed by atoms with E-state index in [0.717, 1.165) is 25.3 Å². The topological polar surface area (TPSA) is 36.6 Å². The maximum absolute atomic E-state index is 9.17. The molecule has 3 nitrogen and oxygen atoms in total. The molecule has 84 valence electrons. The van der Waals surface area contributed by atoms with Crippen molar-refractivity contribution in [1.82, 2.24) is 4.90 Å². The summed E-state index contributed by atoms with van der Waals surface area (Å²) in [5.41, 5.74) is 0. The summed E-state index contributed by atoms with van der Waals surface area (Å²) in [4.78, 5) is 2.39. The Morgan fingerprint density at radius 2 is 2.53 bits per heavy atom. The smallest absolute Gasteiger partial charge is 0.120 e. The van der Waals surface area contributed by atoms with Crippen LogP contribution in [-0.4, -0.2) is 29.7 Å². The van der Waals surface area contributed by atoms with Gasteiger partial charge in [-0.3, -0.25) is 4.90 Å². The van der Waals surface area contributed by atoms with Gasteiger partial charge in [-0.05, 0) is 44.4 Å². The van der Waals surface area contributed by atoms with Gasteiger partial charge in [0.2, 0.25) is 0 Å². The third-order valence-electron chi connectivity index (χ3n) is 3.31. The third-order valence-corrected chi connectivity index (χ3v) is 3.31. The fourth-order valence-electron chi connectivity index (χ4n) is 2.31. The number of aliphatic hydroxyl groups is 1. The lowest BCUT2D eigenvalue weighted by Crippen LogP contribution is -2.38. The van der Waals surface area contributed by atoms with E-state index in [-0.39, 0.29) is 0 Å². The molecule has 1 saturated heterocycles. The predicted octanol–water partition coefficient (Wildman–Crippen LogP) is 2.04. The lowest BCUT2D eigenvalue weighted by molar-refractivity contribution is 0.0857. The highest BCUT2D eigenvalue weighted by Crippen LogP contribution is 2.26. The number of hydrogen-bond acceptors (Lipinski definition) is 3. The van der Waals surface area contributed by atoms with E-state index in [9.17, 15) is 5.11 Å². The maximum Gasteiger partial charge on any atom is 0.120 e. The van der Waals surface area contributed by atoms with E-state index >= 15 is 0 Å². The first kappa shape index (κ1) is 10.7. The van der Waals surface area contributed by atoms with Crippen LogP contribution >= 0.6 is 0 Å². The summed E-state index contributed by atoms with van der Waals surface area (Å²) in [6.07, 6.45) is 4.05. The molecule has 2 heterocycles. The second-order valence-corrected chi connectivity index (χ2v) is 4.38. The molecule has 1 fully saturated rings. The van der Waals surface area contributed by atoms with Crippen LogP contribution in [-0.2, 0) is 0 Å². The van der Waals surface area contributed by atoms with E-state index in [1.807, 2.05) is 12.1 Å². The molecule has 0 saturated carbocycles. The number of nitrogens with zero attached hydrogens (tertiary/aromatic N) is 1. The van der Waals surface area contributed by atoms with Crippen LogP contribution in [0.2, 0.25) is 0 Å². The molecule has 2 rings (SSSR count). The molecule has 0 aliphatic carbocycles. The number of likely N-dealkylation sites (tertiary alicyclic amines) is 1. The minimum atomic E-state index is 0.307. The van der Waals surface area contributed by atoms with Crippen molar-refractivity contribution in [1.29, 1.82) is 0 Å². The van der Waals surface area contributed by atoms with Crippen molar-refractivity contribution < 1.29 is 9.52 Å². The van der Waals surface area contributed by atoms with Gasteiger partial charge in [-0.2, -0.15) is 0 Å². The van der Waals surface area contributed by atoms with Crippen molar-refractivity contribution in [3.63, 3.8) is 0 Å². The largest absolute Gasteiger partial charge is 0.468 e. The van der Waals surface area contributed by atoms with E-state index in [1.165, 1.54) is 6.42 Å². The zero-order valence-corrected chi connectivity index (χ0v) is 9.22. The van der Waals surface area contributed by atoms with Crippen LogP contribution in [0.4, 0.5) is 0 Å². The van der Waals surface area contributed by atoms with Crippen LogP contribution in [0.25, 0.3) is 0 Å². The molecule has 0 aromatic carbocycles. The molecule has 1 aromatic rings. The van der Waals surface area contributed by atoms with E-state index in [1.54, 1.807) is 6.26 Å². The molecule has 1 aliphatic heterocycles. The SMILES string of the molecule is CC(c1ccco1)N1CCCC(CO)C1. The van der Waals surface area contributed by atoms with Gasteiger partial charge in [-0.15, -0.1) is 0 Å². The van der Waals surface area contributed by atoms with Crippen LogP contribution in [0.1, 0.15) is 31.6 Å². The number of piperidine rings is 1. The molecule has 1 aliphatic rings. The quantitative estimate of drug-likeness (QED) is 0.827. The second kappa shape index (κ2) is 4.81. The van der Waals surface area contributed by atoms with Crippen LogP contribution in [0.5, 0.6) is 0 Å². The molecular formula is C12H19NO2. The van der Waals surface area contributed by atoms with Crippen LogP contribution in [0, 0.1) is 5.92 Å². The summed E-state index contributed by atoms with van der Waals surface area (Å²) in [5.74, 6) is 1.46. The molecular weight excluding hydrogens is 190 g/mol. The van der Waals surface area contributed by atoms with Crippen molar-refractivity contribution in [3.8, 4) is 0 Å². The molecule has 1 aromatic heterocycles. The van der Waals surface area contributed by atoms with Gasteiger partial charge in [-0.25, -0.2) is 0 Å². The summed E-state index contributed by atoms with van der Waals surface area (Å²) >= 11 is 0. The summed E-state index contributed by atoms with van der Waals surface area (Å²) < 4.78 is 5.41. The van der Waals surface area contributed by atoms with E-state index in [2.05, 4.69) is 11.8 Å². The lowest BCUT2D eigenvalue weighted by Gasteiger charge is -2.35. The normalized spacial score (nSPS) is 25.3. The van der Waals surface area contributed by atoms with Gasteiger partial charge < -0.3 is 9.52 Å². The number of hydrogen-bond donors (Lipinski definition) is 1. The monoisotopic (exact) mass is 209 g/mol. The predicted molar refractivity (Wildman–Crippen MR) is 58.5 cm³/mol. The van der Waals surface area contributed by atoms with Crippen molar-refractivity contribution in [2.24, 2.45) is 5.92 Å². The van der Waals surface area contributed by atoms with Crippen molar-refractivity contribution in [2.45, 2.75) is 25.8 Å². The van der Waals surface area contributed by atoms with Crippen LogP contribution in [0.3, 0.4) is 0 Å². The van der Waals surface area contributed by atoms with Crippen molar-refractivity contribution in [3.05, 3.63) is 24.2 Å². The third kappa shape index (κ3) is 2.41. The van der Waals surface area contributed by atoms with E-state index < -0.39 is 0 Å². The summed E-state index contributed by atoms with van der Waals surface area (Å²) in [7, 11) is 0. The van der Waals surface area contributed by atoms with Gasteiger partial charge in [0, 0.05) is 13.2 Å². The second-order valence-electron chi connectivity index (χ2n) is 4.38. The van der Waals surface area contributed by atoms with Crippen molar-refractivity contribution >= 4 is 0 Å². The molecule has 0 bridgehead atoms. The molecule has 0 radical (unpaired) electrons. The molecule has 0 amide bonds. The van der Waals surface area contributed by atoms with Gasteiger partial charge in [0.05, 0.1) is 12.3 Å².